The summed E-state index contributed by atoms with van der Waals surface area (Å²) in [5.41, 5.74) is 2.98. The van der Waals surface area contributed by atoms with Crippen LogP contribution in [0.5, 0.6) is 5.75 Å². The van der Waals surface area contributed by atoms with Crippen LogP contribution in [0.1, 0.15) is 25.1 Å². The third kappa shape index (κ3) is 4.95. The van der Waals surface area contributed by atoms with Crippen molar-refractivity contribution in [2.24, 2.45) is 0 Å². The Morgan fingerprint density at radius 3 is 2.82 bits per heavy atom. The summed E-state index contributed by atoms with van der Waals surface area (Å²) in [6.45, 7) is 6.61. The van der Waals surface area contributed by atoms with Crippen LogP contribution in [0.25, 0.3) is 22.0 Å². The third-order valence-corrected chi connectivity index (χ3v) is 6.43. The van der Waals surface area contributed by atoms with Gasteiger partial charge in [0, 0.05) is 23.2 Å². The molecule has 0 spiro atoms. The molecule has 1 aliphatic rings. The van der Waals surface area contributed by atoms with E-state index in [0.29, 0.717) is 31.1 Å². The van der Waals surface area contributed by atoms with Crippen LogP contribution in [0.2, 0.25) is 0 Å². The van der Waals surface area contributed by atoms with Crippen LogP contribution >= 0.6 is 11.3 Å². The lowest BCUT2D eigenvalue weighted by Crippen LogP contribution is -2.50. The molecule has 1 aromatic carbocycles. The Morgan fingerprint density at radius 1 is 1.24 bits per heavy atom. The van der Waals surface area contributed by atoms with Gasteiger partial charge < -0.3 is 14.2 Å². The number of fused-ring (bicyclic) bond motifs is 1. The molecule has 8 nitrogen and oxygen atoms in total. The molecule has 9 heteroatoms. The molecule has 3 heterocycles. The average Bonchev–Trinajstić information content (AvgIpc) is 3.25. The van der Waals surface area contributed by atoms with E-state index >= 15 is 0 Å². The first-order valence-corrected chi connectivity index (χ1v) is 12.1. The fourth-order valence-electron chi connectivity index (χ4n) is 3.82. The highest BCUT2D eigenvalue weighted by atomic mass is 32.1. The van der Waals surface area contributed by atoms with E-state index in [2.05, 4.69) is 4.98 Å². The molecule has 178 valence electrons. The van der Waals surface area contributed by atoms with Gasteiger partial charge in [0.2, 0.25) is 0 Å². The summed E-state index contributed by atoms with van der Waals surface area (Å²) < 4.78 is 16.3. The van der Waals surface area contributed by atoms with Gasteiger partial charge >= 0.3 is 5.97 Å². The minimum Gasteiger partial charge on any atom is -0.482 e. The molecular formula is C25H27N3O5S. The maximum Gasteiger partial charge on any atom is 0.329 e. The number of aryl methyl sites for hydroxylation is 1. The summed E-state index contributed by atoms with van der Waals surface area (Å²) in [5.74, 6) is -0.208. The van der Waals surface area contributed by atoms with E-state index in [-0.39, 0.29) is 19.1 Å². The summed E-state index contributed by atoms with van der Waals surface area (Å²) in [6, 6.07) is 10.5. The fourth-order valence-corrected chi connectivity index (χ4v) is 4.73. The summed E-state index contributed by atoms with van der Waals surface area (Å²) in [6.07, 6.45) is 2.15. The van der Waals surface area contributed by atoms with Crippen LogP contribution in [-0.2, 0) is 19.1 Å². The highest BCUT2D eigenvalue weighted by Gasteiger charge is 2.36. The van der Waals surface area contributed by atoms with Gasteiger partial charge in [0.25, 0.3) is 5.91 Å². The molecule has 1 aliphatic heterocycles. The van der Waals surface area contributed by atoms with Crippen molar-refractivity contribution >= 4 is 28.9 Å². The zero-order chi connectivity index (χ0) is 24.1. The van der Waals surface area contributed by atoms with Crippen LogP contribution in [0.15, 0.2) is 42.6 Å². The Balaban J connectivity index is 1.65. The van der Waals surface area contributed by atoms with Crippen molar-refractivity contribution in [3.05, 3.63) is 47.5 Å². The van der Waals surface area contributed by atoms with E-state index in [4.69, 9.17) is 19.2 Å². The second kappa shape index (κ2) is 10.8. The minimum absolute atomic E-state index is 0.130. The summed E-state index contributed by atoms with van der Waals surface area (Å²) in [5, 5.41) is 0.819. The Kier molecular flexibility index (Phi) is 7.54. The molecule has 0 aliphatic carbocycles. The molecule has 3 aromatic rings. The maximum atomic E-state index is 12.9. The molecule has 0 N–H and O–H groups in total. The number of carbonyl (C=O) groups excluding carboxylic acids is 2. The lowest BCUT2D eigenvalue weighted by molar-refractivity contribution is -0.148. The van der Waals surface area contributed by atoms with Crippen molar-refractivity contribution in [3.63, 3.8) is 0 Å². The van der Waals surface area contributed by atoms with E-state index in [1.165, 1.54) is 4.90 Å². The van der Waals surface area contributed by atoms with Gasteiger partial charge in [0.1, 0.15) is 23.4 Å². The number of esters is 1. The highest BCUT2D eigenvalue weighted by Crippen LogP contribution is 2.40. The van der Waals surface area contributed by atoms with Crippen molar-refractivity contribution in [1.82, 2.24) is 9.97 Å². The van der Waals surface area contributed by atoms with Gasteiger partial charge in [-0.15, -0.1) is 11.3 Å². The van der Waals surface area contributed by atoms with Crippen molar-refractivity contribution in [2.75, 3.05) is 31.3 Å². The molecule has 0 radical (unpaired) electrons. The summed E-state index contributed by atoms with van der Waals surface area (Å²) >= 11 is 1.56. The molecule has 0 saturated heterocycles. The molecule has 0 saturated carbocycles. The Labute approximate surface area is 202 Å². The molecule has 1 atom stereocenters. The van der Waals surface area contributed by atoms with Crippen molar-refractivity contribution in [3.8, 4) is 27.7 Å². The first-order valence-electron chi connectivity index (χ1n) is 11.3. The van der Waals surface area contributed by atoms with Crippen LogP contribution in [0.4, 0.5) is 5.69 Å². The number of carbonyl (C=O) groups is 2. The molecule has 34 heavy (non-hydrogen) atoms. The van der Waals surface area contributed by atoms with Crippen LogP contribution in [-0.4, -0.2) is 54.3 Å². The number of rotatable bonds is 9. The molecule has 4 rings (SSSR count). The molecular weight excluding hydrogens is 454 g/mol. The largest absolute Gasteiger partial charge is 0.482 e. The van der Waals surface area contributed by atoms with Gasteiger partial charge in [-0.2, -0.15) is 0 Å². The number of ether oxygens (including phenoxy) is 3. The Hall–Kier alpha value is -3.30. The molecule has 1 amide bonds. The molecule has 1 unspecified atom stereocenters. The van der Waals surface area contributed by atoms with Gasteiger partial charge in [-0.1, -0.05) is 13.0 Å². The second-order valence-corrected chi connectivity index (χ2v) is 8.87. The summed E-state index contributed by atoms with van der Waals surface area (Å²) in [4.78, 5) is 37.4. The number of nitrogens with zero attached hydrogens (tertiary/aromatic N) is 3. The third-order valence-electron chi connectivity index (χ3n) is 5.44. The lowest BCUT2D eigenvalue weighted by atomic mass is 10.1. The smallest absolute Gasteiger partial charge is 0.329 e. The molecule has 2 aromatic heterocycles. The maximum absolute atomic E-state index is 12.9. The zero-order valence-corrected chi connectivity index (χ0v) is 20.3. The van der Waals surface area contributed by atoms with E-state index in [9.17, 15) is 9.59 Å². The van der Waals surface area contributed by atoms with Crippen molar-refractivity contribution in [1.29, 1.82) is 0 Å². The van der Waals surface area contributed by atoms with Gasteiger partial charge in [0.05, 0.1) is 23.7 Å². The number of benzene rings is 1. The normalized spacial score (nSPS) is 13.9. The van der Waals surface area contributed by atoms with Crippen LogP contribution < -0.4 is 9.64 Å². The second-order valence-electron chi connectivity index (χ2n) is 7.66. The number of pyridine rings is 1. The highest BCUT2D eigenvalue weighted by molar-refractivity contribution is 7.15. The number of hydrogen-bond acceptors (Lipinski definition) is 8. The molecule has 0 fully saturated rings. The summed E-state index contributed by atoms with van der Waals surface area (Å²) in [7, 11) is 0. The monoisotopic (exact) mass is 481 g/mol. The topological polar surface area (TPSA) is 90.9 Å². The SMILES string of the molecule is CCOCCOC(=O)C(CC)N1C(=O)COc2ccc(-c3nc(-c4ccccn4)sc3C)cc21. The van der Waals surface area contributed by atoms with Crippen molar-refractivity contribution in [2.45, 2.75) is 33.2 Å². The zero-order valence-electron chi connectivity index (χ0n) is 19.4. The predicted molar refractivity (Wildman–Crippen MR) is 130 cm³/mol. The van der Waals surface area contributed by atoms with Crippen LogP contribution in [0, 0.1) is 6.92 Å². The van der Waals surface area contributed by atoms with Gasteiger partial charge in [0.15, 0.2) is 6.61 Å². The molecule has 0 bridgehead atoms. The van der Waals surface area contributed by atoms with E-state index in [0.717, 1.165) is 26.8 Å². The van der Waals surface area contributed by atoms with E-state index in [1.807, 2.05) is 57.2 Å². The van der Waals surface area contributed by atoms with Crippen LogP contribution in [0.3, 0.4) is 0 Å². The Bertz CT molecular complexity index is 1160. The first kappa shape index (κ1) is 23.8. The number of amides is 1. The number of hydrogen-bond donors (Lipinski definition) is 0. The predicted octanol–water partition coefficient (Wildman–Crippen LogP) is 4.26. The Morgan fingerprint density at radius 2 is 2.09 bits per heavy atom. The minimum atomic E-state index is -0.757. The van der Waals surface area contributed by atoms with E-state index < -0.39 is 12.0 Å². The number of thiazole rings is 1. The number of aromatic nitrogens is 2. The quantitative estimate of drug-likeness (QED) is 0.333. The average molecular weight is 482 g/mol. The number of anilines is 1. The lowest BCUT2D eigenvalue weighted by Gasteiger charge is -2.34. The van der Waals surface area contributed by atoms with Gasteiger partial charge in [-0.3, -0.25) is 14.7 Å². The van der Waals surface area contributed by atoms with Gasteiger partial charge in [-0.05, 0) is 50.6 Å². The van der Waals surface area contributed by atoms with Crippen molar-refractivity contribution < 1.29 is 23.8 Å². The standard InChI is InChI=1S/C25H27N3O5S/c1-4-19(25(30)32-13-12-31-5-2)28-20-14-17(9-10-21(20)33-15-22(28)29)23-16(3)34-24(27-23)18-8-6-7-11-26-18/h6-11,14,19H,4-5,12-13,15H2,1-3H3. The first-order chi connectivity index (χ1) is 16.5. The van der Waals surface area contributed by atoms with E-state index in [1.54, 1.807) is 17.5 Å². The fraction of sp³-hybridized carbons (Fsp3) is 0.360. The van der Waals surface area contributed by atoms with Gasteiger partial charge in [-0.25, -0.2) is 9.78 Å².